The van der Waals surface area contributed by atoms with Crippen molar-refractivity contribution in [1.82, 2.24) is 9.97 Å². The van der Waals surface area contributed by atoms with E-state index in [0.29, 0.717) is 11.8 Å². The van der Waals surface area contributed by atoms with Crippen LogP contribution in [0.15, 0.2) is 12.3 Å². The highest BCUT2D eigenvalue weighted by Gasteiger charge is 2.11. The van der Waals surface area contributed by atoms with Gasteiger partial charge in [0.25, 0.3) is 0 Å². The van der Waals surface area contributed by atoms with E-state index in [9.17, 15) is 8.42 Å². The smallest absolute Gasteiger partial charge is 0.226 e. The Morgan fingerprint density at radius 1 is 1.39 bits per heavy atom. The Balaban J connectivity index is 2.67. The minimum Gasteiger partial charge on any atom is -0.475 e. The summed E-state index contributed by atoms with van der Waals surface area (Å²) in [4.78, 5) is 8.16. The van der Waals surface area contributed by atoms with Crippen molar-refractivity contribution in [3.63, 3.8) is 0 Å². The maximum atomic E-state index is 11.1. The predicted molar refractivity (Wildman–Crippen MR) is 70.6 cm³/mol. The molecule has 0 amide bonds. The van der Waals surface area contributed by atoms with Crippen molar-refractivity contribution in [3.8, 4) is 5.88 Å². The van der Waals surface area contributed by atoms with Crippen molar-refractivity contribution in [2.24, 2.45) is 0 Å². The van der Waals surface area contributed by atoms with Gasteiger partial charge in [-0.15, -0.1) is 0 Å². The quantitative estimate of drug-likeness (QED) is 0.836. The molecule has 0 aliphatic rings. The monoisotopic (exact) mass is 273 g/mol. The lowest BCUT2D eigenvalue weighted by Crippen LogP contribution is -2.26. The number of sulfone groups is 1. The summed E-state index contributed by atoms with van der Waals surface area (Å²) in [6.45, 7) is 5.57. The number of hydrogen-bond donors (Lipinski definition) is 1. The highest BCUT2D eigenvalue weighted by Crippen LogP contribution is 2.11. The fourth-order valence-corrected chi connectivity index (χ4v) is 2.43. The molecule has 0 aliphatic heterocycles. The summed E-state index contributed by atoms with van der Waals surface area (Å²) in [6, 6.07) is 1.40. The second-order valence-corrected chi connectivity index (χ2v) is 6.71. The van der Waals surface area contributed by atoms with Crippen LogP contribution in [0.2, 0.25) is 0 Å². The first kappa shape index (κ1) is 14.7. The minimum absolute atomic E-state index is 0.0289. The summed E-state index contributed by atoms with van der Waals surface area (Å²) in [5.41, 5.74) is 0. The molecule has 1 heterocycles. The molecule has 1 aromatic heterocycles. The normalized spacial score (nSPS) is 13.4. The van der Waals surface area contributed by atoms with Crippen LogP contribution < -0.4 is 10.1 Å². The lowest BCUT2D eigenvalue weighted by atomic mass is 10.4. The number of nitrogens with zero attached hydrogens (tertiary/aromatic N) is 2. The molecule has 0 aromatic carbocycles. The molecule has 6 nitrogen and oxygen atoms in total. The van der Waals surface area contributed by atoms with E-state index in [4.69, 9.17) is 4.74 Å². The maximum absolute atomic E-state index is 11.1. The van der Waals surface area contributed by atoms with Crippen molar-refractivity contribution < 1.29 is 13.2 Å². The van der Waals surface area contributed by atoms with Gasteiger partial charge in [0.15, 0.2) is 0 Å². The van der Waals surface area contributed by atoms with Crippen LogP contribution >= 0.6 is 0 Å². The number of ether oxygens (including phenoxy) is 1. The van der Waals surface area contributed by atoms with Crippen LogP contribution in [-0.2, 0) is 9.84 Å². The summed E-state index contributed by atoms with van der Waals surface area (Å²) in [7, 11) is -3.02. The molecule has 0 fully saturated rings. The molecule has 7 heteroatoms. The summed E-state index contributed by atoms with van der Waals surface area (Å²) < 4.78 is 27.7. The Hall–Kier alpha value is -1.37. The van der Waals surface area contributed by atoms with Gasteiger partial charge < -0.3 is 10.1 Å². The van der Waals surface area contributed by atoms with E-state index in [2.05, 4.69) is 15.3 Å². The van der Waals surface area contributed by atoms with Crippen molar-refractivity contribution in [3.05, 3.63) is 12.3 Å². The molecule has 1 atom stereocenters. The molecular weight excluding hydrogens is 254 g/mol. The molecule has 18 heavy (non-hydrogen) atoms. The van der Waals surface area contributed by atoms with Crippen molar-refractivity contribution in [2.75, 3.05) is 17.3 Å². The fraction of sp³-hybridized carbons (Fsp3) is 0.636. The molecular formula is C11H19N3O3S. The van der Waals surface area contributed by atoms with Gasteiger partial charge in [-0.25, -0.2) is 13.4 Å². The number of aromatic nitrogens is 2. The number of anilines is 1. The minimum atomic E-state index is -3.02. The molecule has 0 radical (unpaired) electrons. The summed E-state index contributed by atoms with van der Waals surface area (Å²) >= 11 is 0. The lowest BCUT2D eigenvalue weighted by Gasteiger charge is -2.14. The van der Waals surface area contributed by atoms with E-state index in [1.165, 1.54) is 6.26 Å². The third-order valence-electron chi connectivity index (χ3n) is 1.91. The second kappa shape index (κ2) is 5.99. The first-order chi connectivity index (χ1) is 8.26. The fourth-order valence-electron chi connectivity index (χ4n) is 1.43. The molecule has 0 saturated heterocycles. The standard InChI is InChI=1S/C11H19N3O3S/c1-8(2)17-10-5-6-12-11(14-10)13-9(3)7-18(4,15)16/h5-6,8-9H,7H2,1-4H3,(H,12,13,14). The third kappa shape index (κ3) is 5.81. The first-order valence-electron chi connectivity index (χ1n) is 5.70. The van der Waals surface area contributed by atoms with Gasteiger partial charge in [-0.05, 0) is 20.8 Å². The van der Waals surface area contributed by atoms with Crippen LogP contribution in [0.3, 0.4) is 0 Å². The average Bonchev–Trinajstić information content (AvgIpc) is 2.13. The van der Waals surface area contributed by atoms with E-state index in [1.807, 2.05) is 13.8 Å². The Morgan fingerprint density at radius 2 is 2.06 bits per heavy atom. The van der Waals surface area contributed by atoms with Crippen LogP contribution in [-0.4, -0.2) is 42.5 Å². The average molecular weight is 273 g/mol. The molecule has 0 saturated carbocycles. The number of hydrogen-bond acceptors (Lipinski definition) is 6. The largest absolute Gasteiger partial charge is 0.475 e. The third-order valence-corrected chi connectivity index (χ3v) is 3.02. The summed E-state index contributed by atoms with van der Waals surface area (Å²) in [5.74, 6) is 0.865. The molecule has 1 unspecified atom stereocenters. The maximum Gasteiger partial charge on any atom is 0.226 e. The summed E-state index contributed by atoms with van der Waals surface area (Å²) in [5, 5.41) is 2.93. The topological polar surface area (TPSA) is 81.2 Å². The molecule has 1 aromatic rings. The lowest BCUT2D eigenvalue weighted by molar-refractivity contribution is 0.232. The Labute approximate surface area is 108 Å². The van der Waals surface area contributed by atoms with Crippen molar-refractivity contribution >= 4 is 15.8 Å². The van der Waals surface area contributed by atoms with E-state index in [0.717, 1.165) is 0 Å². The van der Waals surface area contributed by atoms with Crippen LogP contribution in [0.5, 0.6) is 5.88 Å². The first-order valence-corrected chi connectivity index (χ1v) is 7.76. The molecule has 1 N–H and O–H groups in total. The van der Waals surface area contributed by atoms with Gasteiger partial charge in [0.05, 0.1) is 11.9 Å². The second-order valence-electron chi connectivity index (χ2n) is 4.52. The summed E-state index contributed by atoms with van der Waals surface area (Å²) in [6.07, 6.45) is 2.80. The van der Waals surface area contributed by atoms with Crippen molar-refractivity contribution in [1.29, 1.82) is 0 Å². The number of nitrogens with one attached hydrogen (secondary N) is 1. The van der Waals surface area contributed by atoms with Gasteiger partial charge >= 0.3 is 0 Å². The Morgan fingerprint density at radius 3 is 2.61 bits per heavy atom. The zero-order chi connectivity index (χ0) is 13.8. The molecule has 0 aliphatic carbocycles. The zero-order valence-corrected chi connectivity index (χ0v) is 11.9. The zero-order valence-electron chi connectivity index (χ0n) is 11.0. The van der Waals surface area contributed by atoms with Crippen LogP contribution in [0.1, 0.15) is 20.8 Å². The van der Waals surface area contributed by atoms with E-state index in [1.54, 1.807) is 19.2 Å². The van der Waals surface area contributed by atoms with E-state index >= 15 is 0 Å². The van der Waals surface area contributed by atoms with E-state index < -0.39 is 9.84 Å². The van der Waals surface area contributed by atoms with Gasteiger partial charge in [-0.2, -0.15) is 4.98 Å². The highest BCUT2D eigenvalue weighted by molar-refractivity contribution is 7.90. The van der Waals surface area contributed by atoms with Crippen LogP contribution in [0, 0.1) is 0 Å². The van der Waals surface area contributed by atoms with E-state index in [-0.39, 0.29) is 17.9 Å². The van der Waals surface area contributed by atoms with Crippen LogP contribution in [0.4, 0.5) is 5.95 Å². The van der Waals surface area contributed by atoms with Crippen molar-refractivity contribution in [2.45, 2.75) is 32.9 Å². The number of rotatable bonds is 6. The molecule has 0 spiro atoms. The molecule has 0 bridgehead atoms. The Bertz CT molecular complexity index is 488. The predicted octanol–water partition coefficient (Wildman–Crippen LogP) is 1.11. The SMILES string of the molecule is CC(CS(C)(=O)=O)Nc1nccc(OC(C)C)n1. The van der Waals surface area contributed by atoms with Crippen LogP contribution in [0.25, 0.3) is 0 Å². The highest BCUT2D eigenvalue weighted by atomic mass is 32.2. The molecule has 1 rings (SSSR count). The van der Waals surface area contributed by atoms with Gasteiger partial charge in [0, 0.05) is 24.6 Å². The van der Waals surface area contributed by atoms with Gasteiger partial charge in [0.1, 0.15) is 9.84 Å². The van der Waals surface area contributed by atoms with Gasteiger partial charge in [-0.3, -0.25) is 0 Å². The van der Waals surface area contributed by atoms with Gasteiger partial charge in [-0.1, -0.05) is 0 Å². The Kier molecular flexibility index (Phi) is 4.89. The van der Waals surface area contributed by atoms with Gasteiger partial charge in [0.2, 0.25) is 11.8 Å². The molecule has 102 valence electrons.